The number of benzene rings is 1. The summed E-state index contributed by atoms with van der Waals surface area (Å²) >= 11 is 5.66. The van der Waals surface area contributed by atoms with Gasteiger partial charge in [-0.25, -0.2) is 17.5 Å². The van der Waals surface area contributed by atoms with Gasteiger partial charge in [-0.3, -0.25) is 0 Å². The van der Waals surface area contributed by atoms with Crippen LogP contribution in [0.2, 0.25) is 5.02 Å². The highest BCUT2D eigenvalue weighted by atomic mass is 35.5. The number of halogens is 2. The van der Waals surface area contributed by atoms with E-state index in [1.54, 1.807) is 6.92 Å². The number of hydrogen-bond donors (Lipinski definition) is 2. The second kappa shape index (κ2) is 8.08. The molecule has 21 heavy (non-hydrogen) atoms. The molecule has 1 unspecified atom stereocenters. The van der Waals surface area contributed by atoms with E-state index < -0.39 is 22.4 Å². The normalized spacial score (nSPS) is 13.4. The van der Waals surface area contributed by atoms with Crippen LogP contribution in [0, 0.1) is 5.82 Å². The summed E-state index contributed by atoms with van der Waals surface area (Å²) in [6, 6.07) is 1.81. The monoisotopic (exact) mass is 337 g/mol. The van der Waals surface area contributed by atoms with E-state index in [1.165, 1.54) is 6.07 Å². The molecule has 1 aromatic carbocycles. The molecule has 0 saturated heterocycles. The minimum atomic E-state index is -3.83. The molecule has 7 heteroatoms. The molecule has 0 aliphatic rings. The highest BCUT2D eigenvalue weighted by molar-refractivity contribution is 7.89. The maximum Gasteiger partial charge on any atom is 0.240 e. The van der Waals surface area contributed by atoms with Crippen molar-refractivity contribution in [3.05, 3.63) is 28.5 Å². The van der Waals surface area contributed by atoms with Gasteiger partial charge >= 0.3 is 0 Å². The van der Waals surface area contributed by atoms with E-state index in [4.69, 9.17) is 16.7 Å². The van der Waals surface area contributed by atoms with Crippen molar-refractivity contribution in [3.8, 4) is 0 Å². The van der Waals surface area contributed by atoms with Crippen LogP contribution in [0.25, 0.3) is 0 Å². The summed E-state index contributed by atoms with van der Waals surface area (Å²) in [4.78, 5) is -0.226. The van der Waals surface area contributed by atoms with Crippen molar-refractivity contribution in [1.82, 2.24) is 4.72 Å². The average Bonchev–Trinajstić information content (AvgIpc) is 2.41. The second-order valence-electron chi connectivity index (χ2n) is 5.05. The number of aliphatic hydroxyl groups is 1. The zero-order chi connectivity index (χ0) is 16.0. The Kier molecular flexibility index (Phi) is 7.06. The molecular weight excluding hydrogens is 317 g/mol. The highest BCUT2D eigenvalue weighted by Crippen LogP contribution is 2.24. The van der Waals surface area contributed by atoms with Gasteiger partial charge in [0.25, 0.3) is 0 Å². The molecule has 1 rings (SSSR count). The largest absolute Gasteiger partial charge is 0.392 e. The molecule has 0 spiro atoms. The number of hydrogen-bond acceptors (Lipinski definition) is 3. The topological polar surface area (TPSA) is 66.4 Å². The summed E-state index contributed by atoms with van der Waals surface area (Å²) in [6.45, 7) is 3.32. The Morgan fingerprint density at radius 1 is 1.38 bits per heavy atom. The summed E-state index contributed by atoms with van der Waals surface area (Å²) in [6.07, 6.45) is 3.74. The molecule has 4 nitrogen and oxygen atoms in total. The molecule has 0 aliphatic carbocycles. The molecule has 1 aromatic rings. The summed E-state index contributed by atoms with van der Waals surface area (Å²) in [5.41, 5.74) is 0.0516. The third kappa shape index (κ3) is 5.21. The summed E-state index contributed by atoms with van der Waals surface area (Å²) in [7, 11) is -3.83. The van der Waals surface area contributed by atoms with Crippen molar-refractivity contribution in [2.45, 2.75) is 57.1 Å². The van der Waals surface area contributed by atoms with Crippen LogP contribution in [-0.2, 0) is 16.6 Å². The van der Waals surface area contributed by atoms with Crippen LogP contribution in [0.1, 0.15) is 45.1 Å². The Bertz CT molecular complexity index is 578. The Balaban J connectivity index is 2.90. The molecule has 0 aliphatic heterocycles. The maximum absolute atomic E-state index is 13.6. The zero-order valence-corrected chi connectivity index (χ0v) is 13.8. The predicted molar refractivity (Wildman–Crippen MR) is 81.3 cm³/mol. The van der Waals surface area contributed by atoms with Gasteiger partial charge < -0.3 is 5.11 Å². The standard InChI is InChI=1S/C14H21ClFNO3S/c1-3-4-5-6-10(2)17-21(19,20)12-7-11(9-18)14(15)13(16)8-12/h7-8,10,17-18H,3-6,9H2,1-2H3. The number of rotatable bonds is 8. The second-order valence-corrected chi connectivity index (χ2v) is 7.15. The minimum Gasteiger partial charge on any atom is -0.392 e. The van der Waals surface area contributed by atoms with Crippen molar-refractivity contribution in [2.75, 3.05) is 0 Å². The van der Waals surface area contributed by atoms with Gasteiger partial charge in [0.05, 0.1) is 16.5 Å². The van der Waals surface area contributed by atoms with Crippen LogP contribution in [-0.4, -0.2) is 19.6 Å². The van der Waals surface area contributed by atoms with Crippen molar-refractivity contribution in [3.63, 3.8) is 0 Å². The van der Waals surface area contributed by atoms with Crippen molar-refractivity contribution in [2.24, 2.45) is 0 Å². The molecule has 2 N–H and O–H groups in total. The third-order valence-corrected chi connectivity index (χ3v) is 5.15. The fourth-order valence-corrected chi connectivity index (χ4v) is 3.49. The van der Waals surface area contributed by atoms with Crippen LogP contribution >= 0.6 is 11.6 Å². The minimum absolute atomic E-state index is 0.0516. The van der Waals surface area contributed by atoms with Crippen LogP contribution in [0.5, 0.6) is 0 Å². The van der Waals surface area contributed by atoms with Gasteiger partial charge in [0.15, 0.2) is 0 Å². The van der Waals surface area contributed by atoms with Gasteiger partial charge in [-0.2, -0.15) is 0 Å². The zero-order valence-electron chi connectivity index (χ0n) is 12.2. The lowest BCUT2D eigenvalue weighted by Gasteiger charge is -2.15. The van der Waals surface area contributed by atoms with Gasteiger partial charge in [-0.05, 0) is 25.5 Å². The lowest BCUT2D eigenvalue weighted by atomic mass is 10.1. The lowest BCUT2D eigenvalue weighted by Crippen LogP contribution is -2.32. The van der Waals surface area contributed by atoms with Crippen LogP contribution in [0.3, 0.4) is 0 Å². The number of aliphatic hydroxyl groups excluding tert-OH is 1. The smallest absolute Gasteiger partial charge is 0.240 e. The Morgan fingerprint density at radius 2 is 2.05 bits per heavy atom. The first-order chi connectivity index (χ1) is 9.81. The van der Waals surface area contributed by atoms with Gasteiger partial charge in [0.1, 0.15) is 5.82 Å². The number of nitrogens with one attached hydrogen (secondary N) is 1. The fourth-order valence-electron chi connectivity index (χ4n) is 1.98. The SMILES string of the molecule is CCCCCC(C)NS(=O)(=O)c1cc(F)c(Cl)c(CO)c1. The first-order valence-corrected chi connectivity index (χ1v) is 8.79. The summed E-state index contributed by atoms with van der Waals surface area (Å²) in [5.74, 6) is -0.859. The van der Waals surface area contributed by atoms with Crippen LogP contribution in [0.4, 0.5) is 4.39 Å². The fraction of sp³-hybridized carbons (Fsp3) is 0.571. The molecule has 0 radical (unpaired) electrons. The summed E-state index contributed by atoms with van der Waals surface area (Å²) < 4.78 is 40.5. The lowest BCUT2D eigenvalue weighted by molar-refractivity contribution is 0.281. The molecule has 0 amide bonds. The predicted octanol–water partition coefficient (Wildman–Crippen LogP) is 3.22. The maximum atomic E-state index is 13.6. The van der Waals surface area contributed by atoms with Gasteiger partial charge in [-0.1, -0.05) is 37.8 Å². The molecule has 120 valence electrons. The van der Waals surface area contributed by atoms with E-state index >= 15 is 0 Å². The average molecular weight is 338 g/mol. The van der Waals surface area contributed by atoms with E-state index in [0.717, 1.165) is 31.7 Å². The van der Waals surface area contributed by atoms with E-state index in [0.29, 0.717) is 0 Å². The van der Waals surface area contributed by atoms with Gasteiger partial charge in [0.2, 0.25) is 10.0 Å². The Hall–Kier alpha value is -0.690. The summed E-state index contributed by atoms with van der Waals surface area (Å²) in [5, 5.41) is 8.83. The van der Waals surface area contributed by atoms with Crippen LogP contribution in [0.15, 0.2) is 17.0 Å². The first-order valence-electron chi connectivity index (χ1n) is 6.93. The van der Waals surface area contributed by atoms with Gasteiger partial charge in [0, 0.05) is 11.6 Å². The van der Waals surface area contributed by atoms with Crippen LogP contribution < -0.4 is 4.72 Å². The number of sulfonamides is 1. The Labute approximate surface area is 130 Å². The quantitative estimate of drug-likeness (QED) is 0.716. The van der Waals surface area contributed by atoms with E-state index in [-0.39, 0.29) is 21.5 Å². The molecule has 0 heterocycles. The molecule has 0 fully saturated rings. The van der Waals surface area contributed by atoms with Crippen molar-refractivity contribution >= 4 is 21.6 Å². The molecule has 0 saturated carbocycles. The molecular formula is C14H21ClFNO3S. The third-order valence-electron chi connectivity index (χ3n) is 3.15. The van der Waals surface area contributed by atoms with E-state index in [1.807, 2.05) is 0 Å². The highest BCUT2D eigenvalue weighted by Gasteiger charge is 2.20. The molecule has 1 atom stereocenters. The molecule has 0 bridgehead atoms. The van der Waals surface area contributed by atoms with E-state index in [2.05, 4.69) is 11.6 Å². The number of unbranched alkanes of at least 4 members (excludes halogenated alkanes) is 2. The first kappa shape index (κ1) is 18.4. The van der Waals surface area contributed by atoms with E-state index in [9.17, 15) is 12.8 Å². The molecule has 0 aromatic heterocycles. The van der Waals surface area contributed by atoms with Crippen molar-refractivity contribution in [1.29, 1.82) is 0 Å². The Morgan fingerprint density at radius 3 is 2.62 bits per heavy atom. The van der Waals surface area contributed by atoms with Gasteiger partial charge in [-0.15, -0.1) is 0 Å². The van der Waals surface area contributed by atoms with Crippen molar-refractivity contribution < 1.29 is 17.9 Å².